The van der Waals surface area contributed by atoms with Gasteiger partial charge in [0, 0.05) is 18.8 Å². The molecule has 1 heterocycles. The molecule has 8 heteroatoms. The minimum Gasteiger partial charge on any atom is -0.389 e. The van der Waals surface area contributed by atoms with E-state index in [-0.39, 0.29) is 18.6 Å². The fraction of sp³-hybridized carbons (Fsp3) is 0.200. The van der Waals surface area contributed by atoms with Gasteiger partial charge in [0.25, 0.3) is 11.5 Å². The van der Waals surface area contributed by atoms with E-state index in [1.165, 1.54) is 16.8 Å². The first-order valence-electron chi connectivity index (χ1n) is 6.65. The van der Waals surface area contributed by atoms with Crippen molar-refractivity contribution >= 4 is 5.91 Å². The Labute approximate surface area is 129 Å². The third-order valence-corrected chi connectivity index (χ3v) is 3.08. The smallest absolute Gasteiger partial charge is 0.254 e. The molecule has 0 bridgehead atoms. The second kappa shape index (κ2) is 7.10. The lowest BCUT2D eigenvalue weighted by atomic mass is 10.2. The molecule has 1 amide bonds. The number of nitrogens with zero attached hydrogens (tertiary/aromatic N) is 1. The molecule has 1 atom stereocenters. The first-order valence-corrected chi connectivity index (χ1v) is 6.65. The second-order valence-corrected chi connectivity index (χ2v) is 4.78. The maximum absolute atomic E-state index is 13.5. The minimum atomic E-state index is -1.74. The molecule has 2 rings (SSSR count). The molecule has 0 aliphatic heterocycles. The number of aliphatic hydroxyl groups is 1. The van der Waals surface area contributed by atoms with Crippen LogP contribution in [0.4, 0.5) is 13.2 Å². The van der Waals surface area contributed by atoms with Gasteiger partial charge in [-0.2, -0.15) is 0 Å². The zero-order valence-electron chi connectivity index (χ0n) is 11.8. The van der Waals surface area contributed by atoms with Crippen LogP contribution >= 0.6 is 0 Å². The average molecular weight is 326 g/mol. The minimum absolute atomic E-state index is 0.0831. The summed E-state index contributed by atoms with van der Waals surface area (Å²) in [5.41, 5.74) is -1.00. The Balaban J connectivity index is 1.98. The molecular weight excluding hydrogens is 313 g/mol. The Morgan fingerprint density at radius 2 is 1.91 bits per heavy atom. The zero-order chi connectivity index (χ0) is 17.0. The molecular formula is C15H13F3N2O3. The summed E-state index contributed by atoms with van der Waals surface area (Å²) in [4.78, 5) is 23.2. The Bertz CT molecular complexity index is 777. The molecule has 1 unspecified atom stereocenters. The van der Waals surface area contributed by atoms with Gasteiger partial charge in [0.05, 0.1) is 18.2 Å². The number of aliphatic hydroxyl groups excluding tert-OH is 1. The Morgan fingerprint density at radius 3 is 2.61 bits per heavy atom. The molecule has 122 valence electrons. The summed E-state index contributed by atoms with van der Waals surface area (Å²) in [6.07, 6.45) is 0.343. The molecule has 1 aromatic heterocycles. The zero-order valence-corrected chi connectivity index (χ0v) is 11.8. The first kappa shape index (κ1) is 16.8. The van der Waals surface area contributed by atoms with E-state index in [1.54, 1.807) is 12.1 Å². The van der Waals surface area contributed by atoms with Crippen molar-refractivity contribution in [3.05, 3.63) is 69.9 Å². The van der Waals surface area contributed by atoms with Crippen molar-refractivity contribution in [1.82, 2.24) is 9.88 Å². The highest BCUT2D eigenvalue weighted by atomic mass is 19.2. The molecule has 0 saturated carbocycles. The van der Waals surface area contributed by atoms with Crippen molar-refractivity contribution in [3.63, 3.8) is 0 Å². The maximum Gasteiger partial charge on any atom is 0.254 e. The van der Waals surface area contributed by atoms with Crippen LogP contribution in [0, 0.1) is 17.5 Å². The number of benzene rings is 1. The molecule has 23 heavy (non-hydrogen) atoms. The Kier molecular flexibility index (Phi) is 5.17. The molecule has 0 saturated heterocycles. The van der Waals surface area contributed by atoms with Gasteiger partial charge in [-0.15, -0.1) is 0 Å². The van der Waals surface area contributed by atoms with Crippen LogP contribution in [-0.4, -0.2) is 28.2 Å². The van der Waals surface area contributed by atoms with E-state index in [0.29, 0.717) is 6.07 Å². The number of pyridine rings is 1. The van der Waals surface area contributed by atoms with Crippen molar-refractivity contribution in [3.8, 4) is 0 Å². The average Bonchev–Trinajstić information content (AvgIpc) is 2.53. The summed E-state index contributed by atoms with van der Waals surface area (Å²) in [7, 11) is 0. The lowest BCUT2D eigenvalue weighted by Gasteiger charge is -2.13. The predicted octanol–water partition coefficient (Wildman–Crippen LogP) is 1.06. The summed E-state index contributed by atoms with van der Waals surface area (Å²) in [5.74, 6) is -5.74. The lowest BCUT2D eigenvalue weighted by molar-refractivity contribution is 0.0898. The number of hydrogen-bond acceptors (Lipinski definition) is 3. The van der Waals surface area contributed by atoms with Crippen LogP contribution in [0.25, 0.3) is 0 Å². The molecule has 0 fully saturated rings. The Hall–Kier alpha value is -2.61. The van der Waals surface area contributed by atoms with E-state index in [1.807, 2.05) is 0 Å². The first-order chi connectivity index (χ1) is 10.9. The van der Waals surface area contributed by atoms with Gasteiger partial charge >= 0.3 is 0 Å². The third kappa shape index (κ3) is 3.98. The third-order valence-electron chi connectivity index (χ3n) is 3.08. The molecule has 1 aromatic carbocycles. The number of carbonyl (C=O) groups excluding carboxylic acids is 1. The fourth-order valence-electron chi connectivity index (χ4n) is 1.91. The SMILES string of the molecule is O=C(NCC(O)Cn1ccccc1=O)c1ccc(F)c(F)c1F. The number of rotatable bonds is 5. The van der Waals surface area contributed by atoms with Gasteiger partial charge in [0.2, 0.25) is 0 Å². The van der Waals surface area contributed by atoms with Crippen LogP contribution in [0.15, 0.2) is 41.3 Å². The quantitative estimate of drug-likeness (QED) is 0.807. The standard InChI is InChI=1S/C15H13F3N2O3/c16-11-5-4-10(13(17)14(11)18)15(23)19-7-9(21)8-20-6-2-1-3-12(20)22/h1-6,9,21H,7-8H2,(H,19,23). The molecule has 0 radical (unpaired) electrons. The summed E-state index contributed by atoms with van der Waals surface area (Å²) in [6, 6.07) is 5.88. The fourth-order valence-corrected chi connectivity index (χ4v) is 1.91. The van der Waals surface area contributed by atoms with Crippen LogP contribution in [-0.2, 0) is 6.54 Å². The molecule has 0 spiro atoms. The summed E-state index contributed by atoms with van der Waals surface area (Å²) in [6.45, 7) is -0.376. The van der Waals surface area contributed by atoms with Gasteiger partial charge in [-0.1, -0.05) is 6.07 Å². The molecule has 0 aliphatic rings. The van der Waals surface area contributed by atoms with Gasteiger partial charge in [-0.3, -0.25) is 9.59 Å². The molecule has 5 nitrogen and oxygen atoms in total. The van der Waals surface area contributed by atoms with Crippen LogP contribution in [0.1, 0.15) is 10.4 Å². The van der Waals surface area contributed by atoms with Gasteiger partial charge < -0.3 is 15.0 Å². The lowest BCUT2D eigenvalue weighted by Crippen LogP contribution is -2.36. The van der Waals surface area contributed by atoms with E-state index in [9.17, 15) is 27.9 Å². The van der Waals surface area contributed by atoms with Crippen LogP contribution in [0.3, 0.4) is 0 Å². The van der Waals surface area contributed by atoms with Crippen LogP contribution in [0.5, 0.6) is 0 Å². The van der Waals surface area contributed by atoms with E-state index in [2.05, 4.69) is 5.32 Å². The van der Waals surface area contributed by atoms with Crippen molar-refractivity contribution < 1.29 is 23.1 Å². The van der Waals surface area contributed by atoms with Crippen LogP contribution < -0.4 is 10.9 Å². The highest BCUT2D eigenvalue weighted by Crippen LogP contribution is 2.14. The molecule has 2 N–H and O–H groups in total. The highest BCUT2D eigenvalue weighted by molar-refractivity contribution is 5.94. The van der Waals surface area contributed by atoms with Crippen molar-refractivity contribution in [1.29, 1.82) is 0 Å². The van der Waals surface area contributed by atoms with Gasteiger partial charge in [0.1, 0.15) is 0 Å². The number of hydrogen-bond donors (Lipinski definition) is 2. The normalized spacial score (nSPS) is 12.0. The number of aromatic nitrogens is 1. The van der Waals surface area contributed by atoms with E-state index in [0.717, 1.165) is 6.07 Å². The molecule has 2 aromatic rings. The Morgan fingerprint density at radius 1 is 1.17 bits per heavy atom. The van der Waals surface area contributed by atoms with Gasteiger partial charge in [-0.25, -0.2) is 13.2 Å². The number of halogens is 3. The van der Waals surface area contributed by atoms with Gasteiger partial charge in [0.15, 0.2) is 17.5 Å². The van der Waals surface area contributed by atoms with E-state index in [4.69, 9.17) is 0 Å². The number of amides is 1. The van der Waals surface area contributed by atoms with Crippen molar-refractivity contribution in [2.24, 2.45) is 0 Å². The van der Waals surface area contributed by atoms with E-state index >= 15 is 0 Å². The van der Waals surface area contributed by atoms with Crippen molar-refractivity contribution in [2.45, 2.75) is 12.6 Å². The number of carbonyl (C=O) groups is 1. The summed E-state index contributed by atoms with van der Waals surface area (Å²) < 4.78 is 40.5. The molecule has 0 aliphatic carbocycles. The van der Waals surface area contributed by atoms with E-state index < -0.39 is 35.0 Å². The number of nitrogens with one attached hydrogen (secondary N) is 1. The predicted molar refractivity (Wildman–Crippen MR) is 75.4 cm³/mol. The monoisotopic (exact) mass is 326 g/mol. The summed E-state index contributed by atoms with van der Waals surface area (Å²) >= 11 is 0. The van der Waals surface area contributed by atoms with Gasteiger partial charge in [-0.05, 0) is 18.2 Å². The summed E-state index contributed by atoms with van der Waals surface area (Å²) in [5, 5.41) is 12.0. The van der Waals surface area contributed by atoms with Crippen molar-refractivity contribution in [2.75, 3.05) is 6.54 Å². The maximum atomic E-state index is 13.5. The second-order valence-electron chi connectivity index (χ2n) is 4.78. The largest absolute Gasteiger partial charge is 0.389 e. The highest BCUT2D eigenvalue weighted by Gasteiger charge is 2.19. The topological polar surface area (TPSA) is 71.3 Å². The van der Waals surface area contributed by atoms with Crippen LogP contribution in [0.2, 0.25) is 0 Å².